The van der Waals surface area contributed by atoms with E-state index in [0.29, 0.717) is 64.8 Å². The number of ether oxygens (including phenoxy) is 1. The van der Waals surface area contributed by atoms with E-state index in [9.17, 15) is 24.0 Å². The molecule has 0 aliphatic carbocycles. The highest BCUT2D eigenvalue weighted by Crippen LogP contribution is 2.37. The summed E-state index contributed by atoms with van der Waals surface area (Å²) >= 11 is 0. The number of rotatable bonds is 17. The molecule has 4 N–H and O–H groups in total. The molecule has 3 aromatic carbocycles. The third kappa shape index (κ3) is 9.17. The summed E-state index contributed by atoms with van der Waals surface area (Å²) in [5.41, 5.74) is 10.7. The molecule has 8 rings (SSSR count). The largest absolute Gasteiger partial charge is 0.457 e. The van der Waals surface area contributed by atoms with Crippen molar-refractivity contribution in [3.8, 4) is 22.8 Å². The number of aromatic nitrogens is 4. The Balaban J connectivity index is 0.781. The molecular weight excluding hydrogens is 799 g/mol. The van der Waals surface area contributed by atoms with Gasteiger partial charge in [-0.15, -0.1) is 0 Å². The summed E-state index contributed by atoms with van der Waals surface area (Å²) in [5.74, 6) is 6.63. The number of para-hydroxylation sites is 1. The van der Waals surface area contributed by atoms with Crippen molar-refractivity contribution in [2.24, 2.45) is 0 Å². The van der Waals surface area contributed by atoms with Crippen LogP contribution in [-0.4, -0.2) is 84.9 Å². The van der Waals surface area contributed by atoms with Gasteiger partial charge in [-0.1, -0.05) is 56.4 Å². The van der Waals surface area contributed by atoms with Crippen LogP contribution in [0.1, 0.15) is 104 Å². The van der Waals surface area contributed by atoms with Gasteiger partial charge in [0, 0.05) is 37.3 Å². The SMILES string of the molecule is Nc1ncnc2c1c(-c1ccc(Oc3ccccc3)cc1)nn2C1CCCN(C(=C=O)CCCCCCCCCNc2cccc3c2C(=O)N(C2CCC(=C=O)NC2=C=O)C3=O)C1. The van der Waals surface area contributed by atoms with Gasteiger partial charge in [0.15, 0.2) is 5.65 Å². The van der Waals surface area contributed by atoms with Gasteiger partial charge in [-0.05, 0) is 87.1 Å². The molecule has 2 unspecified atom stereocenters. The maximum Gasteiger partial charge on any atom is 0.264 e. The Bertz CT molecular complexity index is 2640. The lowest BCUT2D eigenvalue weighted by Crippen LogP contribution is -2.46. The van der Waals surface area contributed by atoms with Crippen LogP contribution in [-0.2, 0) is 14.4 Å². The molecule has 0 spiro atoms. The Kier molecular flexibility index (Phi) is 13.2. The third-order valence-corrected chi connectivity index (χ3v) is 12.1. The van der Waals surface area contributed by atoms with Crippen LogP contribution in [0.15, 0.2) is 96.2 Å². The van der Waals surface area contributed by atoms with Crippen LogP contribution in [0.2, 0.25) is 0 Å². The fourth-order valence-corrected chi connectivity index (χ4v) is 8.85. The zero-order chi connectivity index (χ0) is 43.7. The molecule has 3 aliphatic heterocycles. The van der Waals surface area contributed by atoms with E-state index in [4.69, 9.17) is 15.6 Å². The number of unbranched alkanes of at least 4 members (excludes halogenated alkanes) is 6. The number of benzene rings is 3. The molecule has 2 aromatic heterocycles. The van der Waals surface area contributed by atoms with Crippen LogP contribution in [0.4, 0.5) is 11.5 Å². The lowest BCUT2D eigenvalue weighted by molar-refractivity contribution is 0.0593. The molecule has 63 heavy (non-hydrogen) atoms. The Labute approximate surface area is 364 Å². The number of carbonyl (C=O) groups excluding carboxylic acids is 5. The van der Waals surface area contributed by atoms with E-state index in [1.165, 1.54) is 6.33 Å². The number of nitrogens with two attached hydrogens (primary N) is 1. The number of piperidine rings is 2. The molecule has 5 aromatic rings. The van der Waals surface area contributed by atoms with Crippen molar-refractivity contribution in [3.05, 3.63) is 107 Å². The second-order valence-corrected chi connectivity index (χ2v) is 16.1. The zero-order valence-corrected chi connectivity index (χ0v) is 35.0. The average Bonchev–Trinajstić information content (AvgIpc) is 3.84. The first kappa shape index (κ1) is 42.4. The van der Waals surface area contributed by atoms with Crippen molar-refractivity contribution in [1.82, 2.24) is 34.9 Å². The second kappa shape index (κ2) is 19.6. The van der Waals surface area contributed by atoms with E-state index in [1.807, 2.05) is 59.3 Å². The molecule has 2 saturated heterocycles. The Morgan fingerprint density at radius 2 is 1.60 bits per heavy atom. The van der Waals surface area contributed by atoms with Crippen LogP contribution in [0.25, 0.3) is 22.3 Å². The lowest BCUT2D eigenvalue weighted by Gasteiger charge is -2.34. The molecular formula is C48H49N9O6. The smallest absolute Gasteiger partial charge is 0.264 e. The summed E-state index contributed by atoms with van der Waals surface area (Å²) < 4.78 is 7.94. The van der Waals surface area contributed by atoms with E-state index in [-0.39, 0.29) is 35.8 Å². The van der Waals surface area contributed by atoms with Gasteiger partial charge in [0.25, 0.3) is 11.8 Å². The molecule has 0 bridgehead atoms. The van der Waals surface area contributed by atoms with Crippen molar-refractivity contribution in [2.45, 2.75) is 89.1 Å². The topological polar surface area (TPSA) is 195 Å². The number of fused-ring (bicyclic) bond motifs is 2. The third-order valence-electron chi connectivity index (χ3n) is 12.1. The monoisotopic (exact) mass is 847 g/mol. The highest BCUT2D eigenvalue weighted by Gasteiger charge is 2.44. The van der Waals surface area contributed by atoms with E-state index in [0.717, 1.165) is 80.5 Å². The molecule has 5 heterocycles. The first-order valence-corrected chi connectivity index (χ1v) is 21.7. The average molecular weight is 848 g/mol. The number of likely N-dealkylation sites (tertiary alicyclic amines) is 1. The summed E-state index contributed by atoms with van der Waals surface area (Å²) in [6.07, 6.45) is 11.4. The van der Waals surface area contributed by atoms with Gasteiger partial charge in [-0.2, -0.15) is 5.10 Å². The van der Waals surface area contributed by atoms with Crippen LogP contribution in [0.5, 0.6) is 11.5 Å². The van der Waals surface area contributed by atoms with Gasteiger partial charge in [0.1, 0.15) is 58.6 Å². The van der Waals surface area contributed by atoms with Crippen molar-refractivity contribution >= 4 is 52.2 Å². The van der Waals surface area contributed by atoms with Gasteiger partial charge in [-0.25, -0.2) is 29.0 Å². The van der Waals surface area contributed by atoms with Crippen molar-refractivity contribution in [3.63, 3.8) is 0 Å². The molecule has 0 saturated carbocycles. The quantitative estimate of drug-likeness (QED) is 0.0482. The van der Waals surface area contributed by atoms with Gasteiger partial charge in [0.05, 0.1) is 34.3 Å². The molecule has 2 atom stereocenters. The number of hydrogen-bond donors (Lipinski definition) is 3. The van der Waals surface area contributed by atoms with Crippen molar-refractivity contribution < 1.29 is 28.7 Å². The van der Waals surface area contributed by atoms with Crippen LogP contribution >= 0.6 is 0 Å². The fourth-order valence-electron chi connectivity index (χ4n) is 8.85. The number of amides is 2. The molecule has 2 fully saturated rings. The summed E-state index contributed by atoms with van der Waals surface area (Å²) in [6.45, 7) is 2.04. The number of anilines is 2. The zero-order valence-electron chi connectivity index (χ0n) is 35.0. The number of carbonyl (C=O) groups is 2. The first-order valence-electron chi connectivity index (χ1n) is 21.7. The van der Waals surface area contributed by atoms with Crippen LogP contribution < -0.4 is 21.1 Å². The van der Waals surface area contributed by atoms with Crippen LogP contribution in [0.3, 0.4) is 0 Å². The normalized spacial score (nSPS) is 17.2. The summed E-state index contributed by atoms with van der Waals surface area (Å²) in [7, 11) is 0. The Morgan fingerprint density at radius 1 is 0.841 bits per heavy atom. The van der Waals surface area contributed by atoms with E-state index in [2.05, 4.69) is 31.4 Å². The molecule has 322 valence electrons. The fraction of sp³-hybridized carbons (Fsp3) is 0.354. The van der Waals surface area contributed by atoms with E-state index < -0.39 is 17.9 Å². The minimum atomic E-state index is -0.824. The molecule has 15 nitrogen and oxygen atoms in total. The van der Waals surface area contributed by atoms with Crippen molar-refractivity contribution in [2.75, 3.05) is 30.7 Å². The lowest BCUT2D eigenvalue weighted by atomic mass is 10.0. The number of hydrogen-bond acceptors (Lipinski definition) is 13. The maximum atomic E-state index is 13.5. The number of nitrogens with zero attached hydrogens (tertiary/aromatic N) is 6. The van der Waals surface area contributed by atoms with E-state index >= 15 is 0 Å². The minimum Gasteiger partial charge on any atom is -0.457 e. The number of allylic oxidation sites excluding steroid dienone is 2. The highest BCUT2D eigenvalue weighted by molar-refractivity contribution is 6.24. The van der Waals surface area contributed by atoms with Crippen molar-refractivity contribution in [1.29, 1.82) is 0 Å². The summed E-state index contributed by atoms with van der Waals surface area (Å²) in [6, 6.07) is 21.6. The maximum absolute atomic E-state index is 13.5. The van der Waals surface area contributed by atoms with Gasteiger partial charge < -0.3 is 26.0 Å². The van der Waals surface area contributed by atoms with Gasteiger partial charge in [0.2, 0.25) is 0 Å². The van der Waals surface area contributed by atoms with Gasteiger partial charge >= 0.3 is 0 Å². The Morgan fingerprint density at radius 3 is 2.37 bits per heavy atom. The molecule has 3 aliphatic rings. The molecule has 15 heteroatoms. The molecule has 2 amide bonds. The minimum absolute atomic E-state index is 0.0203. The van der Waals surface area contributed by atoms with Gasteiger partial charge in [-0.3, -0.25) is 14.5 Å². The number of nitrogens with one attached hydrogen (secondary N) is 2. The summed E-state index contributed by atoms with van der Waals surface area (Å²) in [4.78, 5) is 74.0. The van der Waals surface area contributed by atoms with Crippen LogP contribution in [0, 0.1) is 0 Å². The first-order chi connectivity index (χ1) is 30.9. The van der Waals surface area contributed by atoms with E-state index in [1.54, 1.807) is 30.1 Å². The predicted octanol–water partition coefficient (Wildman–Crippen LogP) is 7.23. The predicted molar refractivity (Wildman–Crippen MR) is 238 cm³/mol. The Hall–Kier alpha value is -7.30. The number of imide groups is 1. The summed E-state index contributed by atoms with van der Waals surface area (Å²) in [5, 5.41) is 11.8. The molecule has 0 radical (unpaired) electrons. The standard InChI is InChI=1S/C48H49N9O6/c49-45-43-44(32-19-22-37(23-20-32)63-36-15-8-6-9-16-36)54-57(46(43)52-31-51-45)34-14-12-26-55(27-34)35(29-59)13-7-4-2-1-3-5-10-25-50-39-18-11-17-38-42(39)48(62)56(47(38)61)41-24-21-33(28-58)53-40(41)30-60/h6,8-9,11,15-20,22-23,31,34,41,50,53H,1-5,7,10,12-14,21,24-27H2,(H2,49,51,52). The number of nitrogen functional groups attached to an aromatic ring is 1. The highest BCUT2D eigenvalue weighted by atomic mass is 16.5. The second-order valence-electron chi connectivity index (χ2n) is 16.1.